The summed E-state index contributed by atoms with van der Waals surface area (Å²) in [5.74, 6) is -0.678. The Kier molecular flexibility index (Phi) is 4.67. The van der Waals surface area contributed by atoms with E-state index in [2.05, 4.69) is 15.9 Å². The van der Waals surface area contributed by atoms with Crippen molar-refractivity contribution in [3.8, 4) is 0 Å². The van der Waals surface area contributed by atoms with Crippen molar-refractivity contribution in [1.29, 1.82) is 0 Å². The van der Waals surface area contributed by atoms with E-state index in [-0.39, 0.29) is 18.0 Å². The fourth-order valence-corrected chi connectivity index (χ4v) is 3.71. The number of primary amides is 1. The van der Waals surface area contributed by atoms with E-state index in [1.54, 1.807) is 25.1 Å². The van der Waals surface area contributed by atoms with Gasteiger partial charge in [-0.05, 0) is 28.1 Å². The van der Waals surface area contributed by atoms with Crippen molar-refractivity contribution >= 4 is 31.9 Å². The first-order valence-corrected chi connectivity index (χ1v) is 7.16. The Morgan fingerprint density at radius 3 is 2.47 bits per heavy atom. The summed E-state index contributed by atoms with van der Waals surface area (Å²) in [4.78, 5) is 11.0. The van der Waals surface area contributed by atoms with Gasteiger partial charge in [-0.1, -0.05) is 19.1 Å². The number of carbonyl (C=O) groups is 1. The van der Waals surface area contributed by atoms with Crippen molar-refractivity contribution < 1.29 is 13.2 Å². The number of nitrogens with two attached hydrogens (primary N) is 1. The molecule has 0 atom stereocenters. The van der Waals surface area contributed by atoms with Crippen LogP contribution < -0.4 is 5.73 Å². The van der Waals surface area contributed by atoms with Gasteiger partial charge >= 0.3 is 0 Å². The lowest BCUT2D eigenvalue weighted by molar-refractivity contribution is -0.118. The second-order valence-corrected chi connectivity index (χ2v) is 6.09. The molecule has 0 aliphatic rings. The average molecular weight is 321 g/mol. The first-order chi connectivity index (χ1) is 7.89. The Bertz CT molecular complexity index is 516. The van der Waals surface area contributed by atoms with Gasteiger partial charge in [0.25, 0.3) is 0 Å². The lowest BCUT2D eigenvalue weighted by Gasteiger charge is -2.19. The Balaban J connectivity index is 3.18. The molecule has 0 heterocycles. The summed E-state index contributed by atoms with van der Waals surface area (Å²) < 4.78 is 25.9. The molecule has 0 aromatic heterocycles. The van der Waals surface area contributed by atoms with E-state index in [9.17, 15) is 13.2 Å². The monoisotopic (exact) mass is 320 g/mol. The number of hydrogen-bond acceptors (Lipinski definition) is 3. The third-order valence-electron chi connectivity index (χ3n) is 2.14. The Morgan fingerprint density at radius 1 is 1.41 bits per heavy atom. The molecule has 0 saturated carbocycles. The Labute approximate surface area is 109 Å². The number of halogens is 1. The van der Waals surface area contributed by atoms with Crippen LogP contribution >= 0.6 is 15.9 Å². The van der Waals surface area contributed by atoms with Gasteiger partial charge < -0.3 is 5.73 Å². The standard InChI is InChI=1S/C10H13BrN2O3S/c1-2-13(7-10(12)14)17(15,16)9-6-4-3-5-8(9)11/h3-6H,2,7H2,1H3,(H2,12,14). The zero-order valence-electron chi connectivity index (χ0n) is 9.26. The van der Waals surface area contributed by atoms with Crippen LogP contribution in [0.1, 0.15) is 6.92 Å². The topological polar surface area (TPSA) is 80.5 Å². The number of nitrogens with zero attached hydrogens (tertiary/aromatic N) is 1. The SMILES string of the molecule is CCN(CC(N)=O)S(=O)(=O)c1ccccc1Br. The van der Waals surface area contributed by atoms with Gasteiger partial charge in [0.1, 0.15) is 0 Å². The van der Waals surface area contributed by atoms with Crippen LogP contribution in [-0.4, -0.2) is 31.7 Å². The second kappa shape index (κ2) is 5.61. The zero-order chi connectivity index (χ0) is 13.1. The number of sulfonamides is 1. The number of hydrogen-bond donors (Lipinski definition) is 1. The molecular weight excluding hydrogens is 308 g/mol. The van der Waals surface area contributed by atoms with Gasteiger partial charge in [0.15, 0.2) is 0 Å². The highest BCUT2D eigenvalue weighted by atomic mass is 79.9. The number of carbonyl (C=O) groups excluding carboxylic acids is 1. The summed E-state index contributed by atoms with van der Waals surface area (Å²) >= 11 is 3.17. The normalized spacial score (nSPS) is 11.7. The van der Waals surface area contributed by atoms with Gasteiger partial charge in [0, 0.05) is 11.0 Å². The minimum absolute atomic E-state index is 0.128. The molecule has 0 bridgehead atoms. The van der Waals surface area contributed by atoms with Gasteiger partial charge in [-0.3, -0.25) is 4.79 Å². The lowest BCUT2D eigenvalue weighted by Crippen LogP contribution is -2.38. The van der Waals surface area contributed by atoms with Crippen molar-refractivity contribution in [2.45, 2.75) is 11.8 Å². The van der Waals surface area contributed by atoms with Crippen LogP contribution in [0.4, 0.5) is 0 Å². The van der Waals surface area contributed by atoms with E-state index < -0.39 is 15.9 Å². The average Bonchev–Trinajstić information content (AvgIpc) is 2.25. The molecule has 2 N–H and O–H groups in total. The van der Waals surface area contributed by atoms with Gasteiger partial charge in [-0.2, -0.15) is 4.31 Å². The molecule has 17 heavy (non-hydrogen) atoms. The number of benzene rings is 1. The molecule has 0 aliphatic carbocycles. The fraction of sp³-hybridized carbons (Fsp3) is 0.300. The molecular formula is C10H13BrN2O3S. The summed E-state index contributed by atoms with van der Waals surface area (Å²) in [5, 5.41) is 0. The van der Waals surface area contributed by atoms with Gasteiger partial charge in [0.2, 0.25) is 15.9 Å². The highest BCUT2D eigenvalue weighted by Crippen LogP contribution is 2.24. The van der Waals surface area contributed by atoms with Crippen LogP contribution in [-0.2, 0) is 14.8 Å². The molecule has 1 amide bonds. The van der Waals surface area contributed by atoms with E-state index in [0.717, 1.165) is 4.31 Å². The number of likely N-dealkylation sites (N-methyl/N-ethyl adjacent to an activating group) is 1. The first-order valence-electron chi connectivity index (χ1n) is 4.92. The first kappa shape index (κ1) is 14.1. The third kappa shape index (κ3) is 3.27. The predicted molar refractivity (Wildman–Crippen MR) is 67.8 cm³/mol. The lowest BCUT2D eigenvalue weighted by atomic mass is 10.4. The number of rotatable bonds is 5. The van der Waals surface area contributed by atoms with Crippen LogP contribution in [0.2, 0.25) is 0 Å². The Morgan fingerprint density at radius 2 is 2.00 bits per heavy atom. The molecule has 0 aliphatic heterocycles. The molecule has 5 nitrogen and oxygen atoms in total. The largest absolute Gasteiger partial charge is 0.369 e. The van der Waals surface area contributed by atoms with Gasteiger partial charge in [-0.25, -0.2) is 8.42 Å². The van der Waals surface area contributed by atoms with E-state index in [1.807, 2.05) is 0 Å². The fourth-order valence-electron chi connectivity index (χ4n) is 1.33. The van der Waals surface area contributed by atoms with Crippen molar-refractivity contribution in [3.05, 3.63) is 28.7 Å². The van der Waals surface area contributed by atoms with E-state index in [0.29, 0.717) is 4.47 Å². The maximum atomic E-state index is 12.2. The van der Waals surface area contributed by atoms with Crippen LogP contribution in [0.3, 0.4) is 0 Å². The molecule has 94 valence electrons. The third-order valence-corrected chi connectivity index (χ3v) is 5.07. The van der Waals surface area contributed by atoms with Crippen LogP contribution in [0.25, 0.3) is 0 Å². The molecule has 1 aromatic rings. The summed E-state index contributed by atoms with van der Waals surface area (Å²) in [5.41, 5.74) is 5.02. The minimum Gasteiger partial charge on any atom is -0.369 e. The molecule has 1 rings (SSSR count). The molecule has 7 heteroatoms. The summed E-state index contributed by atoms with van der Waals surface area (Å²) in [6, 6.07) is 6.44. The molecule has 0 radical (unpaired) electrons. The molecule has 0 fully saturated rings. The van der Waals surface area contributed by atoms with Crippen molar-refractivity contribution in [3.63, 3.8) is 0 Å². The molecule has 0 spiro atoms. The predicted octanol–water partition coefficient (Wildman–Crippen LogP) is 0.945. The molecule has 0 unspecified atom stereocenters. The molecule has 0 saturated heterocycles. The Hall–Kier alpha value is -0.920. The van der Waals surface area contributed by atoms with E-state index >= 15 is 0 Å². The van der Waals surface area contributed by atoms with Crippen molar-refractivity contribution in [2.75, 3.05) is 13.1 Å². The van der Waals surface area contributed by atoms with E-state index in [1.165, 1.54) is 6.07 Å². The summed E-state index contributed by atoms with van der Waals surface area (Å²) in [6.45, 7) is 1.52. The minimum atomic E-state index is -3.69. The maximum Gasteiger partial charge on any atom is 0.244 e. The summed E-state index contributed by atoms with van der Waals surface area (Å²) in [7, 11) is -3.69. The van der Waals surface area contributed by atoms with Gasteiger partial charge in [0.05, 0.1) is 11.4 Å². The zero-order valence-corrected chi connectivity index (χ0v) is 11.7. The smallest absolute Gasteiger partial charge is 0.244 e. The van der Waals surface area contributed by atoms with Crippen molar-refractivity contribution in [1.82, 2.24) is 4.31 Å². The van der Waals surface area contributed by atoms with Gasteiger partial charge in [-0.15, -0.1) is 0 Å². The highest BCUT2D eigenvalue weighted by molar-refractivity contribution is 9.10. The van der Waals surface area contributed by atoms with E-state index in [4.69, 9.17) is 5.73 Å². The number of amides is 1. The van der Waals surface area contributed by atoms with Crippen LogP contribution in [0, 0.1) is 0 Å². The summed E-state index contributed by atoms with van der Waals surface area (Å²) in [6.07, 6.45) is 0. The quantitative estimate of drug-likeness (QED) is 0.876. The maximum absolute atomic E-state index is 12.2. The van der Waals surface area contributed by atoms with Crippen LogP contribution in [0.5, 0.6) is 0 Å². The van der Waals surface area contributed by atoms with Crippen LogP contribution in [0.15, 0.2) is 33.6 Å². The van der Waals surface area contributed by atoms with Crippen molar-refractivity contribution in [2.24, 2.45) is 5.73 Å². The highest BCUT2D eigenvalue weighted by Gasteiger charge is 2.26. The molecule has 1 aromatic carbocycles. The second-order valence-electron chi connectivity index (χ2n) is 3.33.